The van der Waals surface area contributed by atoms with E-state index in [2.05, 4.69) is 10.6 Å². The summed E-state index contributed by atoms with van der Waals surface area (Å²) in [5.74, 6) is -0.509. The van der Waals surface area contributed by atoms with Crippen LogP contribution in [-0.4, -0.2) is 48.0 Å². The molecule has 0 aromatic heterocycles. The molecule has 0 bridgehead atoms. The van der Waals surface area contributed by atoms with Crippen LogP contribution in [0.5, 0.6) is 0 Å². The lowest BCUT2D eigenvalue weighted by atomic mass is 9.85. The number of carbonyl (C=O) groups excluding carboxylic acids is 3. The van der Waals surface area contributed by atoms with Crippen LogP contribution in [-0.2, 0) is 20.9 Å². The molecule has 7 nitrogen and oxygen atoms in total. The van der Waals surface area contributed by atoms with Crippen molar-refractivity contribution in [2.45, 2.75) is 38.5 Å². The number of benzene rings is 1. The van der Waals surface area contributed by atoms with Gasteiger partial charge in [0.05, 0.1) is 0 Å². The third-order valence-electron chi connectivity index (χ3n) is 4.32. The van der Waals surface area contributed by atoms with Gasteiger partial charge in [-0.1, -0.05) is 30.3 Å². The summed E-state index contributed by atoms with van der Waals surface area (Å²) >= 11 is 0. The highest BCUT2D eigenvalue weighted by atomic mass is 16.5. The Balaban J connectivity index is 1.85. The lowest BCUT2D eigenvalue weighted by Crippen LogP contribution is -2.69. The molecule has 1 fully saturated rings. The molecule has 1 aromatic rings. The first-order valence-corrected chi connectivity index (χ1v) is 7.89. The minimum Gasteiger partial charge on any atom is -0.445 e. The van der Waals surface area contributed by atoms with Crippen LogP contribution in [0.15, 0.2) is 30.3 Å². The molecule has 1 aliphatic rings. The molecule has 0 saturated carbocycles. The van der Waals surface area contributed by atoms with Crippen molar-refractivity contribution in [1.29, 1.82) is 0 Å². The van der Waals surface area contributed by atoms with Gasteiger partial charge in [-0.2, -0.15) is 0 Å². The summed E-state index contributed by atoms with van der Waals surface area (Å²) in [6.07, 6.45) is -0.0642. The number of nitrogens with zero attached hydrogens (tertiary/aromatic N) is 1. The van der Waals surface area contributed by atoms with Crippen LogP contribution in [0.25, 0.3) is 0 Å². The number of ether oxygens (including phenoxy) is 1. The largest absolute Gasteiger partial charge is 0.445 e. The third-order valence-corrected chi connectivity index (χ3v) is 4.32. The fourth-order valence-corrected chi connectivity index (χ4v) is 2.65. The number of likely N-dealkylation sites (N-methyl/N-ethyl adjacent to an activating group) is 1. The summed E-state index contributed by atoms with van der Waals surface area (Å²) in [4.78, 5) is 37.7. The van der Waals surface area contributed by atoms with Crippen LogP contribution >= 0.6 is 0 Å². The standard InChI is InChI=1S/C17H23N3O4/c1-12(14(21)20-10-9-17(20,2)15(22)18-3)19-16(23)24-11-13-7-5-4-6-8-13/h4-8,12H,9-11H2,1-3H3,(H,18,22)(H,19,23)/t12-,17-/m0/s1. The predicted octanol–water partition coefficient (Wildman–Crippen LogP) is 1.04. The van der Waals surface area contributed by atoms with E-state index in [1.165, 1.54) is 11.9 Å². The average molecular weight is 333 g/mol. The van der Waals surface area contributed by atoms with Crippen molar-refractivity contribution < 1.29 is 19.1 Å². The quantitative estimate of drug-likeness (QED) is 0.843. The monoisotopic (exact) mass is 333 g/mol. The van der Waals surface area contributed by atoms with E-state index in [9.17, 15) is 14.4 Å². The molecule has 2 N–H and O–H groups in total. The van der Waals surface area contributed by atoms with E-state index >= 15 is 0 Å². The van der Waals surface area contributed by atoms with Gasteiger partial charge in [0.1, 0.15) is 18.2 Å². The van der Waals surface area contributed by atoms with Crippen molar-refractivity contribution in [3.8, 4) is 0 Å². The predicted molar refractivity (Wildman–Crippen MR) is 88.0 cm³/mol. The second-order valence-corrected chi connectivity index (χ2v) is 6.02. The average Bonchev–Trinajstić information content (AvgIpc) is 2.58. The number of amides is 3. The van der Waals surface area contributed by atoms with Crippen molar-refractivity contribution in [3.63, 3.8) is 0 Å². The van der Waals surface area contributed by atoms with Crippen molar-refractivity contribution >= 4 is 17.9 Å². The fourth-order valence-electron chi connectivity index (χ4n) is 2.65. The molecular formula is C17H23N3O4. The lowest BCUT2D eigenvalue weighted by Gasteiger charge is -2.49. The molecule has 0 unspecified atom stereocenters. The summed E-state index contributed by atoms with van der Waals surface area (Å²) in [7, 11) is 1.54. The van der Waals surface area contributed by atoms with Crippen LogP contribution in [0.1, 0.15) is 25.8 Å². The van der Waals surface area contributed by atoms with Gasteiger partial charge in [0.15, 0.2) is 0 Å². The second-order valence-electron chi connectivity index (χ2n) is 6.02. The highest BCUT2D eigenvalue weighted by molar-refractivity contribution is 5.95. The molecule has 0 radical (unpaired) electrons. The number of hydrogen-bond acceptors (Lipinski definition) is 4. The SMILES string of the molecule is CNC(=O)[C@]1(C)CCN1C(=O)[C@H](C)NC(=O)OCc1ccccc1. The number of alkyl carbamates (subject to hydrolysis) is 1. The normalized spacial score (nSPS) is 20.5. The first-order chi connectivity index (χ1) is 11.4. The molecule has 0 aliphatic carbocycles. The summed E-state index contributed by atoms with van der Waals surface area (Å²) in [5, 5.41) is 5.08. The van der Waals surface area contributed by atoms with Gasteiger partial charge in [-0.15, -0.1) is 0 Å². The molecule has 3 amide bonds. The topological polar surface area (TPSA) is 87.7 Å². The zero-order valence-corrected chi connectivity index (χ0v) is 14.2. The zero-order valence-electron chi connectivity index (χ0n) is 14.2. The van der Waals surface area contributed by atoms with Gasteiger partial charge in [-0.05, 0) is 25.8 Å². The smallest absolute Gasteiger partial charge is 0.408 e. The third kappa shape index (κ3) is 3.67. The number of nitrogens with one attached hydrogen (secondary N) is 2. The van der Waals surface area contributed by atoms with Crippen LogP contribution in [0.3, 0.4) is 0 Å². The first kappa shape index (κ1) is 17.8. The Morgan fingerprint density at radius 3 is 2.50 bits per heavy atom. The number of likely N-dealkylation sites (tertiary alicyclic amines) is 1. The molecule has 1 aliphatic heterocycles. The van der Waals surface area contributed by atoms with E-state index in [0.29, 0.717) is 13.0 Å². The Morgan fingerprint density at radius 2 is 1.96 bits per heavy atom. The lowest BCUT2D eigenvalue weighted by molar-refractivity contribution is -0.158. The van der Waals surface area contributed by atoms with Gasteiger partial charge in [0.2, 0.25) is 11.8 Å². The Morgan fingerprint density at radius 1 is 1.29 bits per heavy atom. The van der Waals surface area contributed by atoms with Crippen molar-refractivity contribution in [1.82, 2.24) is 15.5 Å². The van der Waals surface area contributed by atoms with Gasteiger partial charge >= 0.3 is 6.09 Å². The van der Waals surface area contributed by atoms with E-state index < -0.39 is 17.7 Å². The Kier molecular flexibility index (Phi) is 5.43. The van der Waals surface area contributed by atoms with Gasteiger partial charge in [-0.25, -0.2) is 4.79 Å². The van der Waals surface area contributed by atoms with Gasteiger partial charge in [-0.3, -0.25) is 9.59 Å². The molecule has 1 heterocycles. The number of rotatable bonds is 5. The van der Waals surface area contributed by atoms with Crippen molar-refractivity contribution in [2.24, 2.45) is 0 Å². The maximum atomic E-state index is 12.4. The minimum atomic E-state index is -0.851. The van der Waals surface area contributed by atoms with Crippen molar-refractivity contribution in [3.05, 3.63) is 35.9 Å². The van der Waals surface area contributed by atoms with Gasteiger partial charge in [0, 0.05) is 13.6 Å². The highest BCUT2D eigenvalue weighted by Crippen LogP contribution is 2.31. The second kappa shape index (κ2) is 7.33. The molecule has 130 valence electrons. The minimum absolute atomic E-state index is 0.132. The Hall–Kier alpha value is -2.57. The van der Waals surface area contributed by atoms with Crippen LogP contribution in [0.4, 0.5) is 4.79 Å². The summed E-state index contributed by atoms with van der Waals surface area (Å²) < 4.78 is 5.10. The maximum Gasteiger partial charge on any atom is 0.408 e. The first-order valence-electron chi connectivity index (χ1n) is 7.89. The summed E-state index contributed by atoms with van der Waals surface area (Å²) in [6, 6.07) is 8.50. The molecular weight excluding hydrogens is 310 g/mol. The Bertz CT molecular complexity index is 620. The number of carbonyl (C=O) groups is 3. The highest BCUT2D eigenvalue weighted by Gasteiger charge is 2.49. The Labute approximate surface area is 141 Å². The van der Waals surface area contributed by atoms with Crippen molar-refractivity contribution in [2.75, 3.05) is 13.6 Å². The maximum absolute atomic E-state index is 12.4. The molecule has 0 spiro atoms. The summed E-state index contributed by atoms with van der Waals surface area (Å²) in [6.45, 7) is 3.92. The molecule has 2 rings (SSSR count). The molecule has 24 heavy (non-hydrogen) atoms. The summed E-state index contributed by atoms with van der Waals surface area (Å²) in [5.41, 5.74) is 0.0111. The number of hydrogen-bond donors (Lipinski definition) is 2. The van der Waals surface area contributed by atoms with Gasteiger partial charge in [0.25, 0.3) is 0 Å². The molecule has 7 heteroatoms. The van der Waals surface area contributed by atoms with Crippen LogP contribution < -0.4 is 10.6 Å². The van der Waals surface area contributed by atoms with E-state index in [0.717, 1.165) is 5.56 Å². The zero-order chi connectivity index (χ0) is 17.7. The van der Waals surface area contributed by atoms with Crippen LogP contribution in [0.2, 0.25) is 0 Å². The fraction of sp³-hybridized carbons (Fsp3) is 0.471. The van der Waals surface area contributed by atoms with E-state index in [1.807, 2.05) is 30.3 Å². The van der Waals surface area contributed by atoms with E-state index in [1.54, 1.807) is 13.8 Å². The molecule has 1 saturated heterocycles. The van der Waals surface area contributed by atoms with E-state index in [4.69, 9.17) is 4.74 Å². The molecule has 2 atom stereocenters. The van der Waals surface area contributed by atoms with Gasteiger partial charge < -0.3 is 20.3 Å². The van der Waals surface area contributed by atoms with Crippen LogP contribution in [0, 0.1) is 0 Å². The van der Waals surface area contributed by atoms with E-state index in [-0.39, 0.29) is 18.4 Å². The molecule has 1 aromatic carbocycles.